The molecule has 0 aliphatic heterocycles. The fraction of sp³-hybridized carbons (Fsp3) is 1.00. The molecule has 0 aromatic carbocycles. The molecule has 0 radical (unpaired) electrons. The van der Waals surface area contributed by atoms with Crippen LogP contribution in [-0.4, -0.2) is 26.9 Å². The monoisotopic (exact) mass is 270 g/mol. The van der Waals surface area contributed by atoms with Gasteiger partial charge in [0.25, 0.3) is 0 Å². The molecule has 0 rings (SSSR count). The van der Waals surface area contributed by atoms with E-state index >= 15 is 0 Å². The second-order valence-electron chi connectivity index (χ2n) is 2.69. The lowest BCUT2D eigenvalue weighted by Crippen LogP contribution is -2.35. The topological polar surface area (TPSA) is 0 Å². The van der Waals surface area contributed by atoms with Gasteiger partial charge in [-0.1, -0.05) is 0 Å². The van der Waals surface area contributed by atoms with Crippen molar-refractivity contribution < 1.29 is 0 Å². The zero-order valence-electron chi connectivity index (χ0n) is 6.78. The van der Waals surface area contributed by atoms with Gasteiger partial charge in [0.2, 0.25) is 0 Å². The maximum atomic E-state index is 5.94. The predicted molar refractivity (Wildman–Crippen MR) is 59.6 cm³/mol. The van der Waals surface area contributed by atoms with E-state index in [2.05, 4.69) is 0 Å². The van der Waals surface area contributed by atoms with Gasteiger partial charge in [-0.2, -0.15) is 0 Å². The Morgan fingerprint density at radius 1 is 0.583 bits per heavy atom. The largest absolute Gasteiger partial charge is 0.122 e. The van der Waals surface area contributed by atoms with Crippen LogP contribution < -0.4 is 0 Å². The summed E-state index contributed by atoms with van der Waals surface area (Å²) in [6.07, 6.45) is 0. The zero-order chi connectivity index (χ0) is 9.89. The second kappa shape index (κ2) is 6.03. The molecular weight excluding hydrogens is 261 g/mol. The Hall–Kier alpha value is 1.45. The van der Waals surface area contributed by atoms with Gasteiger partial charge in [0.05, 0.1) is 16.1 Å². The predicted octanol–water partition coefficient (Wildman–Crippen LogP) is 4.06. The minimum Gasteiger partial charge on any atom is -0.122 e. The van der Waals surface area contributed by atoms with E-state index in [0.29, 0.717) is 0 Å². The third kappa shape index (κ3) is 4.11. The molecule has 12 heavy (non-hydrogen) atoms. The third-order valence-corrected chi connectivity index (χ3v) is 4.39. The summed E-state index contributed by atoms with van der Waals surface area (Å²) in [5.41, 5.74) is 0. The fourth-order valence-corrected chi connectivity index (χ4v) is 1.97. The summed E-state index contributed by atoms with van der Waals surface area (Å²) in [5.74, 6) is 0. The number of alkyl halides is 5. The first-order valence-corrected chi connectivity index (χ1v) is 5.76. The molecular formula is C7H11Cl5. The molecule has 0 saturated heterocycles. The minimum atomic E-state index is -0.409. The van der Waals surface area contributed by atoms with Gasteiger partial charge in [-0.05, 0) is 13.8 Å². The van der Waals surface area contributed by atoms with Crippen LogP contribution in [0, 0.1) is 0 Å². The second-order valence-corrected chi connectivity index (χ2v) is 5.58. The molecule has 0 aliphatic rings. The van der Waals surface area contributed by atoms with Crippen molar-refractivity contribution in [2.75, 3.05) is 0 Å². The summed E-state index contributed by atoms with van der Waals surface area (Å²) in [7, 11) is 0. The molecule has 0 fully saturated rings. The van der Waals surface area contributed by atoms with Crippen LogP contribution in [0.25, 0.3) is 0 Å². The van der Waals surface area contributed by atoms with Gasteiger partial charge in [0, 0.05) is 10.8 Å². The summed E-state index contributed by atoms with van der Waals surface area (Å²) in [4.78, 5) is 0. The fourth-order valence-electron chi connectivity index (χ4n) is 0.682. The number of hydrogen-bond acceptors (Lipinski definition) is 0. The molecule has 4 unspecified atom stereocenters. The van der Waals surface area contributed by atoms with Gasteiger partial charge in [0.15, 0.2) is 0 Å². The smallest absolute Gasteiger partial charge is 0.0691 e. The Kier molecular flexibility index (Phi) is 6.76. The summed E-state index contributed by atoms with van der Waals surface area (Å²) in [5, 5.41) is -1.57. The van der Waals surface area contributed by atoms with Crippen molar-refractivity contribution in [3.05, 3.63) is 0 Å². The Labute approximate surface area is 98.4 Å². The zero-order valence-corrected chi connectivity index (χ0v) is 10.6. The maximum Gasteiger partial charge on any atom is 0.0691 e. The van der Waals surface area contributed by atoms with E-state index in [1.807, 2.05) is 0 Å². The number of halogens is 5. The molecule has 74 valence electrons. The first kappa shape index (κ1) is 13.4. The molecule has 0 amide bonds. The van der Waals surface area contributed by atoms with Gasteiger partial charge in [-0.25, -0.2) is 0 Å². The van der Waals surface area contributed by atoms with Crippen molar-refractivity contribution in [2.24, 2.45) is 0 Å². The summed E-state index contributed by atoms with van der Waals surface area (Å²) in [6.45, 7) is 3.55. The average molecular weight is 272 g/mol. The minimum absolute atomic E-state index is 0.217. The van der Waals surface area contributed by atoms with Crippen LogP contribution in [0.4, 0.5) is 0 Å². The average Bonchev–Trinajstić information content (AvgIpc) is 2.00. The van der Waals surface area contributed by atoms with E-state index < -0.39 is 5.38 Å². The molecule has 0 nitrogen and oxygen atoms in total. The lowest BCUT2D eigenvalue weighted by Gasteiger charge is -2.23. The van der Waals surface area contributed by atoms with Crippen LogP contribution in [0.3, 0.4) is 0 Å². The van der Waals surface area contributed by atoms with Crippen LogP contribution >= 0.6 is 58.0 Å². The number of hydrogen-bond donors (Lipinski definition) is 0. The van der Waals surface area contributed by atoms with Gasteiger partial charge < -0.3 is 0 Å². The van der Waals surface area contributed by atoms with Crippen LogP contribution in [-0.2, 0) is 0 Å². The molecule has 4 atom stereocenters. The molecule has 5 heteroatoms. The summed E-state index contributed by atoms with van der Waals surface area (Å²) >= 11 is 29.2. The van der Waals surface area contributed by atoms with E-state index in [1.54, 1.807) is 13.8 Å². The molecule has 0 bridgehead atoms. The molecule has 0 aromatic rings. The highest BCUT2D eigenvalue weighted by Gasteiger charge is 2.30. The van der Waals surface area contributed by atoms with Crippen molar-refractivity contribution >= 4 is 58.0 Å². The van der Waals surface area contributed by atoms with Crippen molar-refractivity contribution in [1.29, 1.82) is 0 Å². The van der Waals surface area contributed by atoms with Gasteiger partial charge in [0.1, 0.15) is 0 Å². The normalized spacial score (nSPS) is 24.2. The summed E-state index contributed by atoms with van der Waals surface area (Å²) < 4.78 is 0. The van der Waals surface area contributed by atoms with E-state index in [1.165, 1.54) is 0 Å². The molecule has 0 saturated carbocycles. The quantitative estimate of drug-likeness (QED) is 0.677. The van der Waals surface area contributed by atoms with E-state index in [4.69, 9.17) is 58.0 Å². The highest BCUT2D eigenvalue weighted by atomic mass is 35.5. The van der Waals surface area contributed by atoms with E-state index in [9.17, 15) is 0 Å². The Bertz CT molecular complexity index is 111. The molecule has 0 heterocycles. The molecule has 0 spiro atoms. The van der Waals surface area contributed by atoms with Crippen LogP contribution in [0.2, 0.25) is 0 Å². The van der Waals surface area contributed by atoms with Crippen LogP contribution in [0.5, 0.6) is 0 Å². The van der Waals surface area contributed by atoms with Crippen molar-refractivity contribution in [3.8, 4) is 0 Å². The SMILES string of the molecule is CC(Cl)C(Cl)C(Cl)C(Cl)C(C)Cl. The van der Waals surface area contributed by atoms with Crippen LogP contribution in [0.15, 0.2) is 0 Å². The van der Waals surface area contributed by atoms with E-state index in [0.717, 1.165) is 0 Å². The van der Waals surface area contributed by atoms with Gasteiger partial charge >= 0.3 is 0 Å². The Morgan fingerprint density at radius 3 is 1.00 bits per heavy atom. The van der Waals surface area contributed by atoms with Crippen LogP contribution in [0.1, 0.15) is 13.8 Å². The first-order chi connectivity index (χ1) is 5.37. The standard InChI is InChI=1S/C7H11Cl5/c1-3(8)5(10)7(12)6(11)4(2)9/h3-7H,1-2H3. The van der Waals surface area contributed by atoms with Gasteiger partial charge in [-0.3, -0.25) is 0 Å². The lowest BCUT2D eigenvalue weighted by atomic mass is 10.1. The highest BCUT2D eigenvalue weighted by Crippen LogP contribution is 2.27. The molecule has 0 N–H and O–H groups in total. The van der Waals surface area contributed by atoms with Crippen molar-refractivity contribution in [1.82, 2.24) is 0 Å². The first-order valence-electron chi connectivity index (χ1n) is 3.58. The molecule has 0 aliphatic carbocycles. The van der Waals surface area contributed by atoms with Crippen molar-refractivity contribution in [2.45, 2.75) is 40.7 Å². The maximum absolute atomic E-state index is 5.94. The molecule has 0 aromatic heterocycles. The third-order valence-electron chi connectivity index (χ3n) is 1.49. The van der Waals surface area contributed by atoms with Gasteiger partial charge in [-0.15, -0.1) is 58.0 Å². The summed E-state index contributed by atoms with van der Waals surface area (Å²) in [6, 6.07) is 0. The Balaban J connectivity index is 4.08. The Morgan fingerprint density at radius 2 is 0.833 bits per heavy atom. The highest BCUT2D eigenvalue weighted by molar-refractivity contribution is 6.39. The number of rotatable bonds is 4. The van der Waals surface area contributed by atoms with E-state index in [-0.39, 0.29) is 21.5 Å². The lowest BCUT2D eigenvalue weighted by molar-refractivity contribution is 0.688. The van der Waals surface area contributed by atoms with Crippen molar-refractivity contribution in [3.63, 3.8) is 0 Å².